The fraction of sp³-hybridized carbons (Fsp3) is 0.233. The van der Waals surface area contributed by atoms with Crippen LogP contribution in [0, 0.1) is 13.8 Å². The Hall–Kier alpha value is -4.45. The SMILES string of the molecule is CCCc1ccc(C)cc1N1C(=O)CS/C1=N\C(=O)Nc1ccc(-c2ncn(-c3ccc(C(F)(F)F)cc3)n2)cc1C. The fourth-order valence-electron chi connectivity index (χ4n) is 4.54. The number of rotatable bonds is 6. The number of alkyl halides is 3. The second-order valence-electron chi connectivity index (χ2n) is 9.81. The van der Waals surface area contributed by atoms with Crippen LogP contribution >= 0.6 is 11.8 Å². The van der Waals surface area contributed by atoms with Crippen LogP contribution in [0.2, 0.25) is 0 Å². The molecule has 4 aromatic rings. The number of amidine groups is 1. The number of thioether (sulfide) groups is 1. The molecule has 216 valence electrons. The van der Waals surface area contributed by atoms with E-state index in [0.717, 1.165) is 47.4 Å². The zero-order valence-corrected chi connectivity index (χ0v) is 23.9. The van der Waals surface area contributed by atoms with Gasteiger partial charge in [-0.05, 0) is 85.5 Å². The topological polar surface area (TPSA) is 92.5 Å². The first kappa shape index (κ1) is 29.1. The molecule has 0 saturated carbocycles. The van der Waals surface area contributed by atoms with Gasteiger partial charge < -0.3 is 5.32 Å². The minimum Gasteiger partial charge on any atom is -0.306 e. The van der Waals surface area contributed by atoms with Gasteiger partial charge in [0.25, 0.3) is 0 Å². The highest BCUT2D eigenvalue weighted by Gasteiger charge is 2.32. The number of nitrogens with zero attached hydrogens (tertiary/aromatic N) is 5. The number of aromatic nitrogens is 3. The van der Waals surface area contributed by atoms with Gasteiger partial charge in [-0.15, -0.1) is 5.10 Å². The Morgan fingerprint density at radius 1 is 1.07 bits per heavy atom. The molecule has 0 unspecified atom stereocenters. The third-order valence-electron chi connectivity index (χ3n) is 6.64. The molecule has 0 radical (unpaired) electrons. The van der Waals surface area contributed by atoms with Crippen LogP contribution in [0.4, 0.5) is 29.3 Å². The van der Waals surface area contributed by atoms with Gasteiger partial charge in [-0.25, -0.2) is 14.5 Å². The molecule has 2 heterocycles. The Morgan fingerprint density at radius 3 is 2.52 bits per heavy atom. The molecule has 8 nitrogen and oxygen atoms in total. The molecule has 1 N–H and O–H groups in total. The lowest BCUT2D eigenvalue weighted by Crippen LogP contribution is -2.31. The maximum absolute atomic E-state index is 12.9. The third kappa shape index (κ3) is 6.23. The van der Waals surface area contributed by atoms with Gasteiger partial charge in [-0.2, -0.15) is 18.2 Å². The lowest BCUT2D eigenvalue weighted by molar-refractivity contribution is -0.137. The van der Waals surface area contributed by atoms with Crippen molar-refractivity contribution in [2.75, 3.05) is 16.0 Å². The maximum Gasteiger partial charge on any atom is 0.416 e. The highest BCUT2D eigenvalue weighted by Crippen LogP contribution is 2.32. The Labute approximate surface area is 244 Å². The highest BCUT2D eigenvalue weighted by atomic mass is 32.2. The first-order valence-corrected chi connectivity index (χ1v) is 14.2. The van der Waals surface area contributed by atoms with Crippen molar-refractivity contribution in [1.82, 2.24) is 14.8 Å². The molecule has 0 spiro atoms. The van der Waals surface area contributed by atoms with Gasteiger partial charge in [0.1, 0.15) is 6.33 Å². The average molecular weight is 593 g/mol. The van der Waals surface area contributed by atoms with E-state index >= 15 is 0 Å². The fourth-order valence-corrected chi connectivity index (χ4v) is 5.40. The number of halogens is 3. The van der Waals surface area contributed by atoms with E-state index in [1.807, 2.05) is 32.0 Å². The lowest BCUT2D eigenvalue weighted by Gasteiger charge is -2.20. The smallest absolute Gasteiger partial charge is 0.306 e. The van der Waals surface area contributed by atoms with E-state index in [0.29, 0.717) is 27.9 Å². The number of anilines is 2. The van der Waals surface area contributed by atoms with Crippen molar-refractivity contribution in [3.8, 4) is 17.1 Å². The van der Waals surface area contributed by atoms with Crippen molar-refractivity contribution in [2.24, 2.45) is 4.99 Å². The summed E-state index contributed by atoms with van der Waals surface area (Å²) in [6.45, 7) is 5.84. The number of benzene rings is 3. The van der Waals surface area contributed by atoms with Crippen LogP contribution in [0.15, 0.2) is 72.0 Å². The number of hydrogen-bond acceptors (Lipinski definition) is 5. The molecule has 42 heavy (non-hydrogen) atoms. The second-order valence-corrected chi connectivity index (χ2v) is 10.8. The van der Waals surface area contributed by atoms with E-state index in [1.165, 1.54) is 39.8 Å². The predicted octanol–water partition coefficient (Wildman–Crippen LogP) is 7.19. The van der Waals surface area contributed by atoms with Gasteiger partial charge in [-0.3, -0.25) is 9.69 Å². The number of urea groups is 1. The van der Waals surface area contributed by atoms with Crippen molar-refractivity contribution >= 4 is 40.2 Å². The summed E-state index contributed by atoms with van der Waals surface area (Å²) in [4.78, 5) is 35.8. The molecule has 1 aromatic heterocycles. The Morgan fingerprint density at radius 2 is 1.83 bits per heavy atom. The van der Waals surface area contributed by atoms with E-state index in [2.05, 4.69) is 27.3 Å². The minimum atomic E-state index is -4.42. The second kappa shape index (κ2) is 11.8. The van der Waals surface area contributed by atoms with E-state index in [9.17, 15) is 22.8 Å². The summed E-state index contributed by atoms with van der Waals surface area (Å²) in [5.41, 5.74) is 4.39. The Kier molecular flexibility index (Phi) is 8.17. The zero-order chi connectivity index (χ0) is 30.0. The summed E-state index contributed by atoms with van der Waals surface area (Å²) in [5, 5.41) is 7.50. The molecule has 0 bridgehead atoms. The first-order chi connectivity index (χ1) is 20.0. The molecule has 0 atom stereocenters. The van der Waals surface area contributed by atoms with Gasteiger partial charge in [0.05, 0.1) is 22.7 Å². The van der Waals surface area contributed by atoms with Gasteiger partial charge in [0.2, 0.25) is 5.91 Å². The molecule has 1 aliphatic heterocycles. The quantitative estimate of drug-likeness (QED) is 0.256. The summed E-state index contributed by atoms with van der Waals surface area (Å²) in [7, 11) is 0. The number of carbonyl (C=O) groups excluding carboxylic acids is 2. The molecule has 12 heteroatoms. The van der Waals surface area contributed by atoms with Crippen molar-refractivity contribution < 1.29 is 22.8 Å². The van der Waals surface area contributed by atoms with Crippen molar-refractivity contribution in [2.45, 2.75) is 39.8 Å². The summed E-state index contributed by atoms with van der Waals surface area (Å²) in [5.74, 6) is 0.442. The third-order valence-corrected chi connectivity index (χ3v) is 7.56. The number of aryl methyl sites for hydroxylation is 3. The number of aliphatic imine (C=N–C) groups is 1. The van der Waals surface area contributed by atoms with Crippen LogP contribution in [0.25, 0.3) is 17.1 Å². The monoisotopic (exact) mass is 592 g/mol. The molecular weight excluding hydrogens is 565 g/mol. The molecule has 5 rings (SSSR count). The van der Waals surface area contributed by atoms with Gasteiger partial charge in [-0.1, -0.05) is 37.2 Å². The largest absolute Gasteiger partial charge is 0.416 e. The van der Waals surface area contributed by atoms with Crippen molar-refractivity contribution in [3.05, 3.63) is 89.2 Å². The van der Waals surface area contributed by atoms with Gasteiger partial charge in [0.15, 0.2) is 11.0 Å². The number of hydrogen-bond donors (Lipinski definition) is 1. The van der Waals surface area contributed by atoms with Crippen LogP contribution in [-0.2, 0) is 17.4 Å². The molecule has 3 aromatic carbocycles. The first-order valence-electron chi connectivity index (χ1n) is 13.2. The molecule has 3 amide bonds. The van der Waals surface area contributed by atoms with Gasteiger partial charge in [0, 0.05) is 11.3 Å². The van der Waals surface area contributed by atoms with Crippen LogP contribution in [0.3, 0.4) is 0 Å². The van der Waals surface area contributed by atoms with Crippen molar-refractivity contribution in [1.29, 1.82) is 0 Å². The maximum atomic E-state index is 12.9. The summed E-state index contributed by atoms with van der Waals surface area (Å²) in [6.07, 6.45) is -1.28. The molecular formula is C30H27F3N6O2S. The normalized spacial score (nSPS) is 14.6. The summed E-state index contributed by atoms with van der Waals surface area (Å²) >= 11 is 1.22. The van der Waals surface area contributed by atoms with Crippen LogP contribution in [0.1, 0.15) is 35.6 Å². The van der Waals surface area contributed by atoms with E-state index < -0.39 is 17.8 Å². The highest BCUT2D eigenvalue weighted by molar-refractivity contribution is 8.15. The summed E-state index contributed by atoms with van der Waals surface area (Å²) in [6, 6.07) is 15.2. The lowest BCUT2D eigenvalue weighted by atomic mass is 10.0. The van der Waals surface area contributed by atoms with Gasteiger partial charge >= 0.3 is 12.2 Å². The standard InChI is InChI=1S/C30H27F3N6O2S/c1-4-5-20-7-6-18(2)14-25(20)39-26(40)16-42-29(39)36-28(41)35-24-13-8-21(15-19(24)3)27-34-17-38(37-27)23-11-9-22(10-12-23)30(31,32)33/h6-15,17H,4-5,16H2,1-3H3,(H,35,41)/b36-29-. The number of amides is 3. The molecule has 1 fully saturated rings. The summed E-state index contributed by atoms with van der Waals surface area (Å²) < 4.78 is 40.0. The average Bonchev–Trinajstić information content (AvgIpc) is 3.58. The zero-order valence-electron chi connectivity index (χ0n) is 23.1. The van der Waals surface area contributed by atoms with E-state index in [4.69, 9.17) is 0 Å². The predicted molar refractivity (Wildman–Crippen MR) is 158 cm³/mol. The van der Waals surface area contributed by atoms with Crippen LogP contribution in [-0.4, -0.2) is 37.6 Å². The Bertz CT molecular complexity index is 1680. The van der Waals surface area contributed by atoms with E-state index in [-0.39, 0.29) is 11.7 Å². The molecule has 1 aliphatic rings. The number of carbonyl (C=O) groups is 2. The molecule has 1 saturated heterocycles. The van der Waals surface area contributed by atoms with Crippen LogP contribution < -0.4 is 10.2 Å². The minimum absolute atomic E-state index is 0.127. The molecule has 0 aliphatic carbocycles. The van der Waals surface area contributed by atoms with E-state index in [1.54, 1.807) is 18.2 Å². The van der Waals surface area contributed by atoms with Crippen LogP contribution in [0.5, 0.6) is 0 Å². The Balaban J connectivity index is 1.32. The van der Waals surface area contributed by atoms with Crippen molar-refractivity contribution in [3.63, 3.8) is 0 Å². The number of nitrogens with one attached hydrogen (secondary N) is 1.